The summed E-state index contributed by atoms with van der Waals surface area (Å²) in [6, 6.07) is 2.63. The minimum absolute atomic E-state index is 0.0249. The Morgan fingerprint density at radius 3 is 2.57 bits per heavy atom. The van der Waals surface area contributed by atoms with Gasteiger partial charge in [-0.05, 0) is 42.7 Å². The van der Waals surface area contributed by atoms with E-state index in [1.165, 1.54) is 6.20 Å². The van der Waals surface area contributed by atoms with Crippen molar-refractivity contribution in [1.82, 2.24) is 15.3 Å². The number of nitrogens with two attached hydrogens (primary N) is 1. The summed E-state index contributed by atoms with van der Waals surface area (Å²) in [5.74, 6) is -1.05. The Balaban J connectivity index is 1.85. The number of amides is 1. The van der Waals surface area contributed by atoms with Crippen molar-refractivity contribution < 1.29 is 18.0 Å². The Morgan fingerprint density at radius 2 is 1.93 bits per heavy atom. The number of carbonyl (C=O) groups is 1. The maximum absolute atomic E-state index is 12.7. The van der Waals surface area contributed by atoms with E-state index in [1.54, 1.807) is 12.3 Å². The molecule has 0 aliphatic heterocycles. The molecule has 4 atom stereocenters. The van der Waals surface area contributed by atoms with Gasteiger partial charge in [0, 0.05) is 18.4 Å². The molecule has 0 radical (unpaired) electrons. The Kier molecular flexibility index (Phi) is 5.52. The first-order valence-corrected chi connectivity index (χ1v) is 8.97. The highest BCUT2D eigenvalue weighted by Gasteiger charge is 2.43. The first-order chi connectivity index (χ1) is 13.2. The standard InChI is InChI=1S/C19H20F3N5O/c1-10-6-12(8-13(7-10)27-18(28)17(24)19(20,21)22)14-3-2-11(9-23)15-16(14)26-5-4-25-15/h2-5,10,12-13,17H,6-8,24H2,1H3,(H,27,28)/t10-,12-,13-,17+/m1/s1. The fourth-order valence-corrected chi connectivity index (χ4v) is 3.91. The smallest absolute Gasteiger partial charge is 0.352 e. The Labute approximate surface area is 160 Å². The van der Waals surface area contributed by atoms with E-state index in [1.807, 2.05) is 13.0 Å². The van der Waals surface area contributed by atoms with Crippen molar-refractivity contribution in [1.29, 1.82) is 5.26 Å². The average Bonchev–Trinajstić information content (AvgIpc) is 2.65. The molecule has 1 aliphatic carbocycles. The van der Waals surface area contributed by atoms with E-state index in [0.717, 1.165) is 12.0 Å². The summed E-state index contributed by atoms with van der Waals surface area (Å²) in [7, 11) is 0. The van der Waals surface area contributed by atoms with Crippen LogP contribution in [0.2, 0.25) is 0 Å². The molecule has 9 heteroatoms. The van der Waals surface area contributed by atoms with Crippen LogP contribution in [0.1, 0.15) is 43.2 Å². The highest BCUT2D eigenvalue weighted by Crippen LogP contribution is 2.39. The second kappa shape index (κ2) is 7.72. The minimum atomic E-state index is -4.78. The lowest BCUT2D eigenvalue weighted by Crippen LogP contribution is -2.53. The summed E-state index contributed by atoms with van der Waals surface area (Å²) < 4.78 is 38.1. The molecule has 0 spiro atoms. The van der Waals surface area contributed by atoms with Gasteiger partial charge in [0.25, 0.3) is 0 Å². The highest BCUT2D eigenvalue weighted by molar-refractivity contribution is 5.84. The summed E-state index contributed by atoms with van der Waals surface area (Å²) >= 11 is 0. The third-order valence-electron chi connectivity index (χ3n) is 5.14. The van der Waals surface area contributed by atoms with Crippen molar-refractivity contribution in [2.24, 2.45) is 11.7 Å². The topological polar surface area (TPSA) is 105 Å². The van der Waals surface area contributed by atoms with Crippen LogP contribution < -0.4 is 11.1 Å². The SMILES string of the molecule is C[C@H]1C[C@@H](NC(=O)[C@H](N)C(F)(F)F)C[C@H](c2ccc(C#N)c3nccnc23)C1. The van der Waals surface area contributed by atoms with Gasteiger partial charge in [-0.2, -0.15) is 18.4 Å². The average molecular weight is 391 g/mol. The van der Waals surface area contributed by atoms with Gasteiger partial charge >= 0.3 is 6.18 Å². The molecule has 28 heavy (non-hydrogen) atoms. The van der Waals surface area contributed by atoms with Crippen LogP contribution in [0.25, 0.3) is 11.0 Å². The second-order valence-electron chi connectivity index (χ2n) is 7.30. The lowest BCUT2D eigenvalue weighted by molar-refractivity contribution is -0.163. The molecule has 6 nitrogen and oxygen atoms in total. The van der Waals surface area contributed by atoms with Gasteiger partial charge in [-0.15, -0.1) is 0 Å². The molecule has 0 unspecified atom stereocenters. The Morgan fingerprint density at radius 1 is 1.25 bits per heavy atom. The van der Waals surface area contributed by atoms with Gasteiger partial charge < -0.3 is 11.1 Å². The van der Waals surface area contributed by atoms with Crippen LogP contribution in [0.15, 0.2) is 24.5 Å². The van der Waals surface area contributed by atoms with Gasteiger partial charge in [0.05, 0.1) is 11.1 Å². The van der Waals surface area contributed by atoms with Crippen LogP contribution in [0.4, 0.5) is 13.2 Å². The van der Waals surface area contributed by atoms with Crippen molar-refractivity contribution in [3.8, 4) is 6.07 Å². The van der Waals surface area contributed by atoms with Gasteiger partial charge in [-0.1, -0.05) is 13.0 Å². The van der Waals surface area contributed by atoms with Crippen LogP contribution in [0.3, 0.4) is 0 Å². The maximum Gasteiger partial charge on any atom is 0.412 e. The Hall–Kier alpha value is -2.73. The predicted molar refractivity (Wildman–Crippen MR) is 96.0 cm³/mol. The first-order valence-electron chi connectivity index (χ1n) is 8.97. The number of hydrogen-bond acceptors (Lipinski definition) is 5. The zero-order chi connectivity index (χ0) is 20.5. The zero-order valence-corrected chi connectivity index (χ0v) is 15.2. The number of fused-ring (bicyclic) bond motifs is 1. The molecule has 1 amide bonds. The third kappa shape index (κ3) is 4.07. The van der Waals surface area contributed by atoms with E-state index >= 15 is 0 Å². The molecule has 1 aliphatic rings. The molecular formula is C19H20F3N5O. The number of benzene rings is 1. The molecule has 3 N–H and O–H groups in total. The Bertz CT molecular complexity index is 924. The van der Waals surface area contributed by atoms with Gasteiger partial charge in [-0.3, -0.25) is 14.8 Å². The molecule has 1 aromatic carbocycles. The summed E-state index contributed by atoms with van der Waals surface area (Å²) in [5.41, 5.74) is 7.42. The number of hydrogen-bond donors (Lipinski definition) is 2. The normalized spacial score (nSPS) is 23.8. The fraction of sp³-hybridized carbons (Fsp3) is 0.474. The third-order valence-corrected chi connectivity index (χ3v) is 5.14. The largest absolute Gasteiger partial charge is 0.412 e. The molecule has 2 aromatic rings. The lowest BCUT2D eigenvalue weighted by atomic mass is 9.75. The number of halogens is 3. The number of nitrogens with one attached hydrogen (secondary N) is 1. The molecule has 1 fully saturated rings. The summed E-state index contributed by atoms with van der Waals surface area (Å²) in [5, 5.41) is 11.7. The molecule has 1 aromatic heterocycles. The van der Waals surface area contributed by atoms with E-state index in [2.05, 4.69) is 21.4 Å². The first kappa shape index (κ1) is 20.0. The van der Waals surface area contributed by atoms with Crippen molar-refractivity contribution >= 4 is 16.9 Å². The maximum atomic E-state index is 12.7. The van der Waals surface area contributed by atoms with E-state index in [-0.39, 0.29) is 11.8 Å². The van der Waals surface area contributed by atoms with Crippen molar-refractivity contribution in [2.45, 2.75) is 50.4 Å². The molecule has 0 bridgehead atoms. The van der Waals surface area contributed by atoms with Gasteiger partial charge in [0.15, 0.2) is 6.04 Å². The van der Waals surface area contributed by atoms with Gasteiger partial charge in [-0.25, -0.2) is 0 Å². The molecule has 1 saturated carbocycles. The molecule has 0 saturated heterocycles. The van der Waals surface area contributed by atoms with Gasteiger partial charge in [0.1, 0.15) is 11.6 Å². The summed E-state index contributed by atoms with van der Waals surface area (Å²) in [4.78, 5) is 20.5. The molecule has 1 heterocycles. The summed E-state index contributed by atoms with van der Waals surface area (Å²) in [6.07, 6.45) is 0.127. The number of alkyl halides is 3. The molecule has 148 valence electrons. The zero-order valence-electron chi connectivity index (χ0n) is 15.2. The minimum Gasteiger partial charge on any atom is -0.352 e. The monoisotopic (exact) mass is 391 g/mol. The van der Waals surface area contributed by atoms with Crippen molar-refractivity contribution in [2.75, 3.05) is 0 Å². The van der Waals surface area contributed by atoms with Crippen LogP contribution in [-0.2, 0) is 4.79 Å². The van der Waals surface area contributed by atoms with Crippen LogP contribution >= 0.6 is 0 Å². The molecular weight excluding hydrogens is 371 g/mol. The van der Waals surface area contributed by atoms with Gasteiger partial charge in [0.2, 0.25) is 5.91 Å². The fourth-order valence-electron chi connectivity index (χ4n) is 3.91. The van der Waals surface area contributed by atoms with E-state index in [0.29, 0.717) is 29.4 Å². The van der Waals surface area contributed by atoms with Crippen LogP contribution in [-0.4, -0.2) is 34.1 Å². The number of carbonyl (C=O) groups excluding carboxylic acids is 1. The predicted octanol–water partition coefficient (Wildman–Crippen LogP) is 2.78. The number of nitrogens with zero attached hydrogens (tertiary/aromatic N) is 3. The lowest BCUT2D eigenvalue weighted by Gasteiger charge is -2.35. The van der Waals surface area contributed by atoms with Crippen LogP contribution in [0.5, 0.6) is 0 Å². The van der Waals surface area contributed by atoms with E-state index in [9.17, 15) is 23.2 Å². The van der Waals surface area contributed by atoms with Crippen LogP contribution in [0, 0.1) is 17.2 Å². The van der Waals surface area contributed by atoms with Crippen molar-refractivity contribution in [3.05, 3.63) is 35.7 Å². The number of rotatable bonds is 3. The molecule has 3 rings (SSSR count). The summed E-state index contributed by atoms with van der Waals surface area (Å²) in [6.45, 7) is 1.99. The highest BCUT2D eigenvalue weighted by atomic mass is 19.4. The van der Waals surface area contributed by atoms with E-state index in [4.69, 9.17) is 5.73 Å². The van der Waals surface area contributed by atoms with Crippen molar-refractivity contribution in [3.63, 3.8) is 0 Å². The van der Waals surface area contributed by atoms with E-state index < -0.39 is 24.2 Å². The number of aromatic nitrogens is 2. The quantitative estimate of drug-likeness (QED) is 0.837. The number of nitriles is 1. The second-order valence-corrected chi connectivity index (χ2v) is 7.30.